The zero-order chi connectivity index (χ0) is 21.5. The summed E-state index contributed by atoms with van der Waals surface area (Å²) < 4.78 is 5.69. The fourth-order valence-electron chi connectivity index (χ4n) is 4.16. The van der Waals surface area contributed by atoms with E-state index in [1.165, 1.54) is 11.1 Å². The third-order valence-corrected chi connectivity index (χ3v) is 5.98. The average molecular weight is 510 g/mol. The fraction of sp³-hybridized carbons (Fsp3) is 0.308. The molecule has 1 aliphatic rings. The Labute approximate surface area is 213 Å². The number of halogens is 3. The van der Waals surface area contributed by atoms with E-state index in [9.17, 15) is 5.11 Å². The van der Waals surface area contributed by atoms with Crippen molar-refractivity contribution in [3.63, 3.8) is 0 Å². The minimum absolute atomic E-state index is 0. The number of rotatable bonds is 8. The highest BCUT2D eigenvalue weighted by Gasteiger charge is 2.27. The lowest BCUT2D eigenvalue weighted by molar-refractivity contribution is 0.0401. The van der Waals surface area contributed by atoms with Crippen LogP contribution >= 0.6 is 36.4 Å². The second-order valence-corrected chi connectivity index (χ2v) is 8.42. The molecule has 3 aromatic carbocycles. The quantitative estimate of drug-likeness (QED) is 0.445. The summed E-state index contributed by atoms with van der Waals surface area (Å²) in [5.41, 5.74) is 2.64. The minimum atomic E-state index is -0.527. The minimum Gasteiger partial charge on any atom is -0.491 e. The fourth-order valence-corrected chi connectivity index (χ4v) is 4.29. The predicted molar refractivity (Wildman–Crippen MR) is 140 cm³/mol. The molecule has 0 radical (unpaired) electrons. The molecule has 1 unspecified atom stereocenters. The molecule has 1 N–H and O–H groups in total. The second-order valence-electron chi connectivity index (χ2n) is 7.98. The first-order valence-corrected chi connectivity index (χ1v) is 11.2. The van der Waals surface area contributed by atoms with Crippen LogP contribution in [0.5, 0.6) is 5.75 Å². The Kier molecular flexibility index (Phi) is 11.5. The Morgan fingerprint density at radius 1 is 0.758 bits per heavy atom. The lowest BCUT2D eigenvalue weighted by Gasteiger charge is -2.40. The summed E-state index contributed by atoms with van der Waals surface area (Å²) >= 11 is 5.90. The van der Waals surface area contributed by atoms with E-state index in [0.717, 1.165) is 31.9 Å². The van der Waals surface area contributed by atoms with Gasteiger partial charge in [-0.05, 0) is 35.4 Å². The molecular weight excluding hydrogens is 479 g/mol. The largest absolute Gasteiger partial charge is 0.491 e. The molecule has 1 fully saturated rings. The molecule has 7 heteroatoms. The molecule has 1 atom stereocenters. The summed E-state index contributed by atoms with van der Waals surface area (Å²) in [7, 11) is 0. The van der Waals surface area contributed by atoms with Crippen molar-refractivity contribution in [2.75, 3.05) is 39.3 Å². The van der Waals surface area contributed by atoms with Gasteiger partial charge in [-0.25, -0.2) is 0 Å². The van der Waals surface area contributed by atoms with Gasteiger partial charge in [-0.3, -0.25) is 9.80 Å². The first-order valence-electron chi connectivity index (χ1n) is 10.8. The maximum atomic E-state index is 10.4. The summed E-state index contributed by atoms with van der Waals surface area (Å²) in [6.07, 6.45) is -0.527. The van der Waals surface area contributed by atoms with Gasteiger partial charge in [0.2, 0.25) is 0 Å². The maximum Gasteiger partial charge on any atom is 0.119 e. The molecule has 0 saturated carbocycles. The summed E-state index contributed by atoms with van der Waals surface area (Å²) in [4.78, 5) is 4.86. The molecule has 4 rings (SSSR count). The van der Waals surface area contributed by atoms with Crippen LogP contribution in [0.2, 0.25) is 5.02 Å². The highest BCUT2D eigenvalue weighted by atomic mass is 35.5. The normalized spacial score (nSPS) is 15.4. The van der Waals surface area contributed by atoms with Crippen molar-refractivity contribution in [1.29, 1.82) is 0 Å². The van der Waals surface area contributed by atoms with Crippen LogP contribution < -0.4 is 4.74 Å². The van der Waals surface area contributed by atoms with Gasteiger partial charge in [-0.1, -0.05) is 72.3 Å². The number of hydrogen-bond acceptors (Lipinski definition) is 4. The van der Waals surface area contributed by atoms with Crippen molar-refractivity contribution in [2.24, 2.45) is 0 Å². The zero-order valence-corrected chi connectivity index (χ0v) is 20.8. The Morgan fingerprint density at radius 3 is 1.79 bits per heavy atom. The number of nitrogens with zero attached hydrogens (tertiary/aromatic N) is 2. The summed E-state index contributed by atoms with van der Waals surface area (Å²) in [6, 6.07) is 28.9. The van der Waals surface area contributed by atoms with Crippen LogP contribution in [0, 0.1) is 0 Å². The van der Waals surface area contributed by atoms with Crippen LogP contribution in [0.3, 0.4) is 0 Å². The van der Waals surface area contributed by atoms with E-state index in [2.05, 4.69) is 70.5 Å². The van der Waals surface area contributed by atoms with Crippen LogP contribution in [0.4, 0.5) is 0 Å². The van der Waals surface area contributed by atoms with Crippen molar-refractivity contribution in [3.05, 3.63) is 101 Å². The topological polar surface area (TPSA) is 35.9 Å². The molecule has 1 aliphatic heterocycles. The van der Waals surface area contributed by atoms with Crippen LogP contribution in [-0.4, -0.2) is 60.3 Å². The Balaban J connectivity index is 0.00000193. The number of aliphatic hydroxyl groups is 1. The molecule has 1 heterocycles. The van der Waals surface area contributed by atoms with Gasteiger partial charge in [0, 0.05) is 37.7 Å². The Hall–Kier alpha value is -1.79. The molecule has 178 valence electrons. The molecule has 4 nitrogen and oxygen atoms in total. The van der Waals surface area contributed by atoms with Gasteiger partial charge in [0.1, 0.15) is 18.5 Å². The Morgan fingerprint density at radius 2 is 1.27 bits per heavy atom. The number of benzene rings is 3. The molecule has 1 saturated heterocycles. The standard InChI is InChI=1S/C26H29ClN2O2.2ClH/c27-23-11-13-25(14-12-23)31-20-24(30)19-28-15-17-29(18-16-28)26(21-7-3-1-4-8-21)22-9-5-2-6-10-22;;/h1-14,24,26,30H,15-20H2;2*1H. The third-order valence-electron chi connectivity index (χ3n) is 5.73. The molecule has 0 bridgehead atoms. The van der Waals surface area contributed by atoms with Crippen LogP contribution in [0.25, 0.3) is 0 Å². The van der Waals surface area contributed by atoms with E-state index in [4.69, 9.17) is 16.3 Å². The van der Waals surface area contributed by atoms with Gasteiger partial charge in [0.15, 0.2) is 0 Å². The van der Waals surface area contributed by atoms with Gasteiger partial charge in [-0.2, -0.15) is 0 Å². The highest BCUT2D eigenvalue weighted by molar-refractivity contribution is 6.30. The first-order chi connectivity index (χ1) is 15.2. The molecule has 3 aromatic rings. The van der Waals surface area contributed by atoms with Crippen molar-refractivity contribution >= 4 is 36.4 Å². The van der Waals surface area contributed by atoms with E-state index < -0.39 is 6.10 Å². The molecule has 0 amide bonds. The maximum absolute atomic E-state index is 10.4. The van der Waals surface area contributed by atoms with Gasteiger partial charge < -0.3 is 9.84 Å². The second kappa shape index (κ2) is 13.8. The molecule has 33 heavy (non-hydrogen) atoms. The van der Waals surface area contributed by atoms with E-state index in [-0.39, 0.29) is 37.5 Å². The van der Waals surface area contributed by atoms with Crippen molar-refractivity contribution in [3.8, 4) is 5.75 Å². The van der Waals surface area contributed by atoms with E-state index in [1.54, 1.807) is 12.1 Å². The van der Waals surface area contributed by atoms with Crippen molar-refractivity contribution in [1.82, 2.24) is 9.80 Å². The SMILES string of the molecule is Cl.Cl.OC(COc1ccc(Cl)cc1)CN1CCN(C(c2ccccc2)c2ccccc2)CC1. The van der Waals surface area contributed by atoms with Gasteiger partial charge in [0.25, 0.3) is 0 Å². The number of aliphatic hydroxyl groups excluding tert-OH is 1. The number of piperazine rings is 1. The van der Waals surface area contributed by atoms with E-state index >= 15 is 0 Å². The molecular formula is C26H31Cl3N2O2. The smallest absolute Gasteiger partial charge is 0.119 e. The monoisotopic (exact) mass is 508 g/mol. The van der Waals surface area contributed by atoms with Crippen LogP contribution in [-0.2, 0) is 0 Å². The number of ether oxygens (including phenoxy) is 1. The molecule has 0 aromatic heterocycles. The lowest BCUT2D eigenvalue weighted by atomic mass is 9.96. The van der Waals surface area contributed by atoms with E-state index in [0.29, 0.717) is 11.6 Å². The van der Waals surface area contributed by atoms with Crippen LogP contribution in [0.15, 0.2) is 84.9 Å². The highest BCUT2D eigenvalue weighted by Crippen LogP contribution is 2.29. The zero-order valence-electron chi connectivity index (χ0n) is 18.4. The summed E-state index contributed by atoms with van der Waals surface area (Å²) in [6.45, 7) is 4.65. The number of β-amino-alcohol motifs (C(OH)–C–C–N with tert-alkyl or cyclic N) is 1. The number of hydrogen-bond donors (Lipinski definition) is 1. The predicted octanol–water partition coefficient (Wildman–Crippen LogP) is 5.33. The van der Waals surface area contributed by atoms with Crippen molar-refractivity contribution < 1.29 is 9.84 Å². The average Bonchev–Trinajstić information content (AvgIpc) is 2.81. The summed E-state index contributed by atoms with van der Waals surface area (Å²) in [5.74, 6) is 0.724. The lowest BCUT2D eigenvalue weighted by Crippen LogP contribution is -2.50. The Bertz CT molecular complexity index is 882. The first kappa shape index (κ1) is 27.5. The molecule has 0 aliphatic carbocycles. The van der Waals surface area contributed by atoms with Gasteiger partial charge in [-0.15, -0.1) is 24.8 Å². The third kappa shape index (κ3) is 7.89. The van der Waals surface area contributed by atoms with Gasteiger partial charge >= 0.3 is 0 Å². The summed E-state index contributed by atoms with van der Waals surface area (Å²) in [5, 5.41) is 11.1. The molecule has 0 spiro atoms. The van der Waals surface area contributed by atoms with E-state index in [1.807, 2.05) is 12.1 Å². The van der Waals surface area contributed by atoms with Gasteiger partial charge in [0.05, 0.1) is 6.04 Å². The van der Waals surface area contributed by atoms with Crippen molar-refractivity contribution in [2.45, 2.75) is 12.1 Å². The van der Waals surface area contributed by atoms with Crippen LogP contribution in [0.1, 0.15) is 17.2 Å².